The fraction of sp³-hybridized carbons (Fsp3) is 0.423. The lowest BCUT2D eigenvalue weighted by Gasteiger charge is -2.20. The summed E-state index contributed by atoms with van der Waals surface area (Å²) in [6, 6.07) is 16.4. The van der Waals surface area contributed by atoms with Gasteiger partial charge in [0.25, 0.3) is 0 Å². The molecule has 180 valence electrons. The summed E-state index contributed by atoms with van der Waals surface area (Å²) in [5, 5.41) is 14.4. The molecule has 0 bridgehead atoms. The molecule has 2 aliphatic carbocycles. The summed E-state index contributed by atoms with van der Waals surface area (Å²) in [6.07, 6.45) is 2.17. The molecule has 3 N–H and O–H groups in total. The van der Waals surface area contributed by atoms with Crippen LogP contribution in [0.4, 0.5) is 4.79 Å². The van der Waals surface area contributed by atoms with Crippen LogP contribution in [0.25, 0.3) is 11.1 Å². The van der Waals surface area contributed by atoms with Crippen molar-refractivity contribution in [2.45, 2.75) is 25.2 Å². The second kappa shape index (κ2) is 11.4. The fourth-order valence-electron chi connectivity index (χ4n) is 5.03. The highest BCUT2D eigenvalue weighted by Gasteiger charge is 2.33. The summed E-state index contributed by atoms with van der Waals surface area (Å²) >= 11 is 1.28. The minimum Gasteiger partial charge on any atom is -0.481 e. The fourth-order valence-corrected chi connectivity index (χ4v) is 5.59. The molecular weight excluding hydrogens is 452 g/mol. The number of benzene rings is 2. The van der Waals surface area contributed by atoms with Crippen molar-refractivity contribution in [3.05, 3.63) is 59.7 Å². The van der Waals surface area contributed by atoms with Crippen LogP contribution in [0.5, 0.6) is 0 Å². The second-order valence-electron chi connectivity index (χ2n) is 8.74. The molecule has 34 heavy (non-hydrogen) atoms. The van der Waals surface area contributed by atoms with Gasteiger partial charge >= 0.3 is 12.1 Å². The number of aliphatic carboxylic acids is 1. The first-order valence-electron chi connectivity index (χ1n) is 11.7. The average molecular weight is 483 g/mol. The van der Waals surface area contributed by atoms with Crippen LogP contribution in [-0.4, -0.2) is 54.3 Å². The Morgan fingerprint density at radius 2 is 1.65 bits per heavy atom. The van der Waals surface area contributed by atoms with Crippen LogP contribution in [0, 0.1) is 11.8 Å². The molecule has 4 rings (SSSR count). The van der Waals surface area contributed by atoms with Crippen molar-refractivity contribution in [3.63, 3.8) is 0 Å². The van der Waals surface area contributed by atoms with Crippen LogP contribution in [0.1, 0.15) is 36.3 Å². The summed E-state index contributed by atoms with van der Waals surface area (Å²) < 4.78 is 5.61. The molecule has 2 amide bonds. The van der Waals surface area contributed by atoms with Crippen LogP contribution in [0.15, 0.2) is 48.5 Å². The number of thioether (sulfide) groups is 1. The molecule has 2 aromatic rings. The Morgan fingerprint density at radius 1 is 0.971 bits per heavy atom. The van der Waals surface area contributed by atoms with Crippen molar-refractivity contribution >= 4 is 29.7 Å². The zero-order valence-corrected chi connectivity index (χ0v) is 19.8. The number of alkyl carbamates (subject to hydrolysis) is 1. The summed E-state index contributed by atoms with van der Waals surface area (Å²) in [7, 11) is 0. The SMILES string of the molecule is O=C(O)CSCCNC(=O)[C@@H]1CCC[C@@H]1CNC(=O)OCC1c2ccccc2-c2ccccc21. The zero-order chi connectivity index (χ0) is 23.9. The van der Waals surface area contributed by atoms with Crippen LogP contribution in [0.3, 0.4) is 0 Å². The number of hydrogen-bond donors (Lipinski definition) is 3. The Labute approximate surface area is 203 Å². The molecule has 2 aliphatic rings. The first-order valence-corrected chi connectivity index (χ1v) is 12.9. The quantitative estimate of drug-likeness (QED) is 0.444. The largest absolute Gasteiger partial charge is 0.481 e. The third kappa shape index (κ3) is 5.73. The molecular formula is C26H30N2O5S. The Balaban J connectivity index is 1.23. The number of ether oxygens (including phenoxy) is 1. The van der Waals surface area contributed by atoms with Gasteiger partial charge in [-0.25, -0.2) is 4.79 Å². The molecule has 0 aromatic heterocycles. The second-order valence-corrected chi connectivity index (χ2v) is 9.85. The van der Waals surface area contributed by atoms with Gasteiger partial charge in [-0.05, 0) is 41.0 Å². The maximum atomic E-state index is 12.6. The van der Waals surface area contributed by atoms with Crippen LogP contribution >= 0.6 is 11.8 Å². The lowest BCUT2D eigenvalue weighted by molar-refractivity contribution is -0.134. The first kappa shape index (κ1) is 24.1. The van der Waals surface area contributed by atoms with Gasteiger partial charge in [-0.15, -0.1) is 11.8 Å². The van der Waals surface area contributed by atoms with Crippen LogP contribution in [-0.2, 0) is 14.3 Å². The van der Waals surface area contributed by atoms with Crippen molar-refractivity contribution in [2.75, 3.05) is 31.2 Å². The van der Waals surface area contributed by atoms with E-state index in [0.29, 0.717) is 18.8 Å². The molecule has 2 atom stereocenters. The van der Waals surface area contributed by atoms with E-state index in [-0.39, 0.29) is 36.0 Å². The maximum absolute atomic E-state index is 12.6. The van der Waals surface area contributed by atoms with E-state index in [1.54, 1.807) is 0 Å². The number of amides is 2. The van der Waals surface area contributed by atoms with Crippen molar-refractivity contribution < 1.29 is 24.2 Å². The van der Waals surface area contributed by atoms with E-state index < -0.39 is 12.1 Å². The van der Waals surface area contributed by atoms with Crippen LogP contribution in [0.2, 0.25) is 0 Å². The Morgan fingerprint density at radius 3 is 2.32 bits per heavy atom. The molecule has 1 saturated carbocycles. The minimum atomic E-state index is -0.855. The molecule has 0 radical (unpaired) electrons. The molecule has 7 nitrogen and oxygen atoms in total. The molecule has 0 saturated heterocycles. The maximum Gasteiger partial charge on any atom is 0.407 e. The highest BCUT2D eigenvalue weighted by molar-refractivity contribution is 7.99. The molecule has 0 aliphatic heterocycles. The smallest absolute Gasteiger partial charge is 0.407 e. The van der Waals surface area contributed by atoms with E-state index in [4.69, 9.17) is 9.84 Å². The normalized spacial score (nSPS) is 18.7. The highest BCUT2D eigenvalue weighted by Crippen LogP contribution is 2.44. The predicted octanol–water partition coefficient (Wildman–Crippen LogP) is 3.88. The van der Waals surface area contributed by atoms with Gasteiger partial charge in [-0.3, -0.25) is 9.59 Å². The number of carbonyl (C=O) groups excluding carboxylic acids is 2. The molecule has 1 fully saturated rings. The van der Waals surface area contributed by atoms with E-state index in [9.17, 15) is 14.4 Å². The third-order valence-electron chi connectivity index (χ3n) is 6.62. The molecule has 8 heteroatoms. The summed E-state index contributed by atoms with van der Waals surface area (Å²) in [6.45, 7) is 1.12. The van der Waals surface area contributed by atoms with Crippen molar-refractivity contribution in [2.24, 2.45) is 11.8 Å². The van der Waals surface area contributed by atoms with Gasteiger partial charge in [0.1, 0.15) is 6.61 Å². The number of carbonyl (C=O) groups is 3. The standard InChI is InChI=1S/C26H30N2O5S/c29-24(30)16-34-13-12-27-25(31)18-11-5-6-17(18)14-28-26(32)33-15-23-21-9-3-1-7-19(21)20-8-2-4-10-22(20)23/h1-4,7-10,17-18,23H,5-6,11-16H2,(H,27,31)(H,28,32)(H,29,30)/t17-,18-/m1/s1. The zero-order valence-electron chi connectivity index (χ0n) is 19.0. The topological polar surface area (TPSA) is 105 Å². The number of hydrogen-bond acceptors (Lipinski definition) is 5. The van der Waals surface area contributed by atoms with Crippen molar-refractivity contribution in [3.8, 4) is 11.1 Å². The van der Waals surface area contributed by atoms with E-state index >= 15 is 0 Å². The third-order valence-corrected chi connectivity index (χ3v) is 7.56. The Hall–Kier alpha value is -3.00. The lowest BCUT2D eigenvalue weighted by atomic mass is 9.95. The van der Waals surface area contributed by atoms with E-state index in [1.807, 2.05) is 24.3 Å². The van der Waals surface area contributed by atoms with E-state index in [0.717, 1.165) is 19.3 Å². The number of carboxylic acids is 1. The van der Waals surface area contributed by atoms with Crippen LogP contribution < -0.4 is 10.6 Å². The number of fused-ring (bicyclic) bond motifs is 3. The minimum absolute atomic E-state index is 0.0159. The number of carboxylic acid groups (broad SMARTS) is 1. The average Bonchev–Trinajstić information content (AvgIpc) is 3.44. The van der Waals surface area contributed by atoms with Gasteiger partial charge in [0.15, 0.2) is 0 Å². The molecule has 0 heterocycles. The van der Waals surface area contributed by atoms with Gasteiger partial charge in [0.2, 0.25) is 5.91 Å². The summed E-state index contributed by atoms with van der Waals surface area (Å²) in [5.41, 5.74) is 4.72. The molecule has 0 unspecified atom stereocenters. The van der Waals surface area contributed by atoms with Gasteiger partial charge in [0.05, 0.1) is 5.75 Å². The summed E-state index contributed by atoms with van der Waals surface area (Å²) in [4.78, 5) is 35.6. The number of rotatable bonds is 10. The highest BCUT2D eigenvalue weighted by atomic mass is 32.2. The van der Waals surface area contributed by atoms with Crippen molar-refractivity contribution in [1.82, 2.24) is 10.6 Å². The Kier molecular flexibility index (Phi) is 8.11. The summed E-state index contributed by atoms with van der Waals surface area (Å²) in [5.74, 6) is -0.328. The van der Waals surface area contributed by atoms with Gasteiger partial charge in [0, 0.05) is 30.7 Å². The van der Waals surface area contributed by atoms with Gasteiger partial charge in [-0.1, -0.05) is 55.0 Å². The Bertz CT molecular complexity index is 998. The first-order chi connectivity index (χ1) is 16.5. The molecule has 0 spiro atoms. The monoisotopic (exact) mass is 482 g/mol. The lowest BCUT2D eigenvalue weighted by Crippen LogP contribution is -2.38. The predicted molar refractivity (Wildman–Crippen MR) is 132 cm³/mol. The number of nitrogens with one attached hydrogen (secondary N) is 2. The van der Waals surface area contributed by atoms with Gasteiger partial charge in [-0.2, -0.15) is 0 Å². The van der Waals surface area contributed by atoms with E-state index in [2.05, 4.69) is 34.9 Å². The van der Waals surface area contributed by atoms with E-state index in [1.165, 1.54) is 34.0 Å². The van der Waals surface area contributed by atoms with Gasteiger partial charge < -0.3 is 20.5 Å². The van der Waals surface area contributed by atoms with Crippen molar-refractivity contribution in [1.29, 1.82) is 0 Å². The molecule has 2 aromatic carbocycles.